The van der Waals surface area contributed by atoms with Gasteiger partial charge in [-0.15, -0.1) is 0 Å². The van der Waals surface area contributed by atoms with Gasteiger partial charge in [0.2, 0.25) is 0 Å². The van der Waals surface area contributed by atoms with E-state index in [0.717, 1.165) is 22.5 Å². The molecule has 0 unspecified atom stereocenters. The fourth-order valence-electron chi connectivity index (χ4n) is 1.85. The molecule has 3 nitrogen and oxygen atoms in total. The summed E-state index contributed by atoms with van der Waals surface area (Å²) in [4.78, 5) is 11.4. The van der Waals surface area contributed by atoms with Crippen molar-refractivity contribution in [3.8, 4) is 22.5 Å². The van der Waals surface area contributed by atoms with Crippen molar-refractivity contribution in [3.05, 3.63) is 59.1 Å². The molecule has 0 aromatic carbocycles. The molecule has 0 radical (unpaired) electrons. The smallest absolute Gasteiger partial charge is 0.0596 e. The number of nitrogens with zero attached hydrogens (tertiary/aromatic N) is 2. The van der Waals surface area contributed by atoms with Crippen LogP contribution in [-0.4, -0.2) is 15.0 Å². The van der Waals surface area contributed by atoms with Crippen LogP contribution in [0.5, 0.6) is 0 Å². The van der Waals surface area contributed by atoms with Gasteiger partial charge in [0.05, 0.1) is 10.0 Å². The first-order valence-corrected chi connectivity index (χ1v) is 6.39. The molecule has 3 heterocycles. The lowest BCUT2D eigenvalue weighted by atomic mass is 10.2. The molecule has 3 rings (SSSR count). The lowest BCUT2D eigenvalue weighted by Crippen LogP contribution is -1.82. The monoisotopic (exact) mass is 289 g/mol. The number of hydrogen-bond donors (Lipinski definition) is 1. The van der Waals surface area contributed by atoms with Gasteiger partial charge in [-0.3, -0.25) is 9.97 Å². The van der Waals surface area contributed by atoms with Crippen molar-refractivity contribution >= 4 is 23.2 Å². The minimum Gasteiger partial charge on any atom is -0.354 e. The summed E-state index contributed by atoms with van der Waals surface area (Å²) in [5.41, 5.74) is 3.78. The quantitative estimate of drug-likeness (QED) is 0.757. The summed E-state index contributed by atoms with van der Waals surface area (Å²) in [6.07, 6.45) is 6.74. The molecule has 94 valence electrons. The third-order valence-corrected chi connectivity index (χ3v) is 3.13. The van der Waals surface area contributed by atoms with E-state index in [2.05, 4.69) is 15.0 Å². The second-order valence-electron chi connectivity index (χ2n) is 4.07. The van der Waals surface area contributed by atoms with E-state index in [1.165, 1.54) is 0 Å². The molecule has 19 heavy (non-hydrogen) atoms. The highest BCUT2D eigenvalue weighted by atomic mass is 35.5. The van der Waals surface area contributed by atoms with E-state index in [4.69, 9.17) is 23.2 Å². The lowest BCUT2D eigenvalue weighted by Gasteiger charge is -2.00. The molecular formula is C14H9Cl2N3. The van der Waals surface area contributed by atoms with Gasteiger partial charge in [0.15, 0.2) is 0 Å². The zero-order valence-corrected chi connectivity index (χ0v) is 11.3. The van der Waals surface area contributed by atoms with Crippen LogP contribution < -0.4 is 0 Å². The van der Waals surface area contributed by atoms with Crippen LogP contribution in [0.3, 0.4) is 0 Å². The Morgan fingerprint density at radius 1 is 0.737 bits per heavy atom. The van der Waals surface area contributed by atoms with E-state index in [0.29, 0.717) is 10.0 Å². The topological polar surface area (TPSA) is 41.6 Å². The van der Waals surface area contributed by atoms with Crippen LogP contribution in [0.4, 0.5) is 0 Å². The molecule has 0 bridgehead atoms. The predicted octanol–water partition coefficient (Wildman–Crippen LogP) is 4.45. The van der Waals surface area contributed by atoms with Gasteiger partial charge in [-0.25, -0.2) is 0 Å². The molecule has 5 heteroatoms. The Morgan fingerprint density at radius 3 is 1.63 bits per heavy atom. The van der Waals surface area contributed by atoms with Crippen molar-refractivity contribution in [1.82, 2.24) is 15.0 Å². The Morgan fingerprint density at radius 2 is 1.21 bits per heavy atom. The Hall–Kier alpha value is -1.84. The second-order valence-corrected chi connectivity index (χ2v) is 4.94. The van der Waals surface area contributed by atoms with Gasteiger partial charge in [-0.05, 0) is 24.3 Å². The van der Waals surface area contributed by atoms with Crippen LogP contribution in [0.15, 0.2) is 49.1 Å². The third-order valence-electron chi connectivity index (χ3n) is 2.72. The number of H-pyrrole nitrogens is 1. The molecule has 0 fully saturated rings. The Labute approximate surface area is 120 Å². The van der Waals surface area contributed by atoms with Crippen LogP contribution in [-0.2, 0) is 0 Å². The summed E-state index contributed by atoms with van der Waals surface area (Å²) in [7, 11) is 0. The standard InChI is InChI=1S/C14H9Cl2N3/c15-11-3-9(5-17-7-11)13-1-2-14(19-13)10-4-12(16)8-18-6-10/h1-8,19H. The molecule has 0 amide bonds. The summed E-state index contributed by atoms with van der Waals surface area (Å²) in [5, 5.41) is 1.22. The van der Waals surface area contributed by atoms with Crippen LogP contribution in [0, 0.1) is 0 Å². The zero-order chi connectivity index (χ0) is 13.2. The lowest BCUT2D eigenvalue weighted by molar-refractivity contribution is 1.29. The average Bonchev–Trinajstić information content (AvgIpc) is 2.88. The molecule has 0 aliphatic heterocycles. The SMILES string of the molecule is Clc1cncc(-c2ccc(-c3cncc(Cl)c3)[nH]2)c1. The summed E-state index contributed by atoms with van der Waals surface area (Å²) in [6.45, 7) is 0. The summed E-state index contributed by atoms with van der Waals surface area (Å²) in [6, 6.07) is 7.67. The molecule has 0 aliphatic carbocycles. The molecule has 0 saturated carbocycles. The molecular weight excluding hydrogens is 281 g/mol. The fraction of sp³-hybridized carbons (Fsp3) is 0. The number of halogens is 2. The Kier molecular flexibility index (Phi) is 3.23. The van der Waals surface area contributed by atoms with E-state index >= 15 is 0 Å². The number of nitrogens with one attached hydrogen (secondary N) is 1. The van der Waals surface area contributed by atoms with Gasteiger partial charge in [0, 0.05) is 47.3 Å². The van der Waals surface area contributed by atoms with E-state index in [-0.39, 0.29) is 0 Å². The summed E-state index contributed by atoms with van der Waals surface area (Å²) >= 11 is 11.9. The third kappa shape index (κ3) is 2.62. The second kappa shape index (κ2) is 5.03. The highest BCUT2D eigenvalue weighted by Gasteiger charge is 2.05. The number of rotatable bonds is 2. The maximum Gasteiger partial charge on any atom is 0.0596 e. The van der Waals surface area contributed by atoms with Gasteiger partial charge in [-0.1, -0.05) is 23.2 Å². The maximum absolute atomic E-state index is 5.94. The number of hydrogen-bond acceptors (Lipinski definition) is 2. The van der Waals surface area contributed by atoms with Crippen LogP contribution >= 0.6 is 23.2 Å². The first-order valence-electron chi connectivity index (χ1n) is 5.63. The number of pyridine rings is 2. The molecule has 3 aromatic rings. The first-order chi connectivity index (χ1) is 9.22. The van der Waals surface area contributed by atoms with Crippen molar-refractivity contribution < 1.29 is 0 Å². The Balaban J connectivity index is 2.00. The van der Waals surface area contributed by atoms with Crippen molar-refractivity contribution in [3.63, 3.8) is 0 Å². The van der Waals surface area contributed by atoms with E-state index < -0.39 is 0 Å². The largest absolute Gasteiger partial charge is 0.354 e. The molecule has 0 saturated heterocycles. The van der Waals surface area contributed by atoms with Gasteiger partial charge < -0.3 is 4.98 Å². The highest BCUT2D eigenvalue weighted by molar-refractivity contribution is 6.31. The molecule has 1 N–H and O–H groups in total. The first kappa shape index (κ1) is 12.2. The van der Waals surface area contributed by atoms with Crippen molar-refractivity contribution in [1.29, 1.82) is 0 Å². The molecule has 0 spiro atoms. The van der Waals surface area contributed by atoms with Gasteiger partial charge in [-0.2, -0.15) is 0 Å². The molecule has 0 aliphatic rings. The average molecular weight is 290 g/mol. The zero-order valence-electron chi connectivity index (χ0n) is 9.77. The highest BCUT2D eigenvalue weighted by Crippen LogP contribution is 2.26. The Bertz CT molecular complexity index is 662. The predicted molar refractivity (Wildman–Crippen MR) is 77.3 cm³/mol. The molecule has 3 aromatic heterocycles. The van der Waals surface area contributed by atoms with Crippen LogP contribution in [0.1, 0.15) is 0 Å². The minimum atomic E-state index is 0.609. The van der Waals surface area contributed by atoms with Gasteiger partial charge in [0.25, 0.3) is 0 Å². The van der Waals surface area contributed by atoms with E-state index in [1.54, 1.807) is 24.8 Å². The fourth-order valence-corrected chi connectivity index (χ4v) is 2.20. The maximum atomic E-state index is 5.94. The summed E-state index contributed by atoms with van der Waals surface area (Å²) in [5.74, 6) is 0. The summed E-state index contributed by atoms with van der Waals surface area (Å²) < 4.78 is 0. The van der Waals surface area contributed by atoms with E-state index in [9.17, 15) is 0 Å². The van der Waals surface area contributed by atoms with Crippen molar-refractivity contribution in [2.24, 2.45) is 0 Å². The van der Waals surface area contributed by atoms with Gasteiger partial charge >= 0.3 is 0 Å². The molecule has 0 atom stereocenters. The number of aromatic amines is 1. The minimum absolute atomic E-state index is 0.609. The van der Waals surface area contributed by atoms with Crippen molar-refractivity contribution in [2.75, 3.05) is 0 Å². The number of aromatic nitrogens is 3. The normalized spacial score (nSPS) is 10.6. The van der Waals surface area contributed by atoms with Gasteiger partial charge in [0.1, 0.15) is 0 Å². The van der Waals surface area contributed by atoms with E-state index in [1.807, 2.05) is 24.3 Å². The van der Waals surface area contributed by atoms with Crippen LogP contribution in [0.2, 0.25) is 10.0 Å². The van der Waals surface area contributed by atoms with Crippen molar-refractivity contribution in [2.45, 2.75) is 0 Å². The van der Waals surface area contributed by atoms with Crippen LogP contribution in [0.25, 0.3) is 22.5 Å².